The van der Waals surface area contributed by atoms with Gasteiger partial charge in [-0.3, -0.25) is 0 Å². The standard InChI is InChI=1S/C27H31FN6O/c1-17-8-23(33-14-21(11-32(2)3)25(35)15-33)9-20-13-34-12-19(18-4-6-22(28)7-5-18)10-24(34)27(30-16-29)31-26(17)20/h4-10,12,16,21,25,35H,11,13-15H2,1-3H3,(H2,29,30,31)/t21-,25-/m1/s1. The van der Waals surface area contributed by atoms with E-state index in [0.29, 0.717) is 18.9 Å². The fourth-order valence-corrected chi connectivity index (χ4v) is 5.15. The van der Waals surface area contributed by atoms with Gasteiger partial charge in [0, 0.05) is 49.5 Å². The van der Waals surface area contributed by atoms with Gasteiger partial charge in [-0.2, -0.15) is 0 Å². The van der Waals surface area contributed by atoms with E-state index in [2.05, 4.69) is 38.4 Å². The lowest BCUT2D eigenvalue weighted by Crippen LogP contribution is -2.29. The van der Waals surface area contributed by atoms with Gasteiger partial charge in [0.1, 0.15) is 5.82 Å². The second-order valence-corrected chi connectivity index (χ2v) is 9.73. The van der Waals surface area contributed by atoms with Crippen molar-refractivity contribution in [2.24, 2.45) is 21.6 Å². The van der Waals surface area contributed by atoms with Crippen molar-refractivity contribution >= 4 is 23.5 Å². The third-order valence-corrected chi connectivity index (χ3v) is 6.79. The lowest BCUT2D eigenvalue weighted by Gasteiger charge is -2.22. The number of amidine groups is 1. The van der Waals surface area contributed by atoms with Crippen LogP contribution in [-0.2, 0) is 6.54 Å². The number of hydrogen-bond acceptors (Lipinski definition) is 5. The molecule has 0 saturated carbocycles. The molecule has 35 heavy (non-hydrogen) atoms. The summed E-state index contributed by atoms with van der Waals surface area (Å²) in [5.41, 5.74) is 12.5. The summed E-state index contributed by atoms with van der Waals surface area (Å²) < 4.78 is 15.6. The minimum Gasteiger partial charge on any atom is -0.391 e. The molecule has 0 radical (unpaired) electrons. The smallest absolute Gasteiger partial charge is 0.178 e. The molecule has 3 N–H and O–H groups in total. The van der Waals surface area contributed by atoms with Crippen LogP contribution in [0.2, 0.25) is 0 Å². The van der Waals surface area contributed by atoms with Crippen molar-refractivity contribution in [2.45, 2.75) is 19.6 Å². The largest absolute Gasteiger partial charge is 0.391 e. The first-order valence-corrected chi connectivity index (χ1v) is 11.8. The van der Waals surface area contributed by atoms with E-state index in [4.69, 9.17) is 10.7 Å². The molecular weight excluding hydrogens is 443 g/mol. The lowest BCUT2D eigenvalue weighted by molar-refractivity contribution is 0.130. The molecule has 182 valence electrons. The van der Waals surface area contributed by atoms with Crippen LogP contribution in [0.15, 0.2) is 58.6 Å². The summed E-state index contributed by atoms with van der Waals surface area (Å²) in [6, 6.07) is 12.8. The first kappa shape index (κ1) is 23.3. The van der Waals surface area contributed by atoms with Gasteiger partial charge in [-0.1, -0.05) is 12.1 Å². The molecule has 0 spiro atoms. The second kappa shape index (κ2) is 9.28. The zero-order valence-electron chi connectivity index (χ0n) is 20.3. The molecule has 2 aliphatic heterocycles. The number of β-amino-alcohol motifs (C(OH)–C–C–N with tert-alkyl or cyclic N) is 1. The molecule has 3 aromatic rings. The molecule has 0 aliphatic carbocycles. The summed E-state index contributed by atoms with van der Waals surface area (Å²) in [7, 11) is 4.08. The Morgan fingerprint density at radius 1 is 1.17 bits per heavy atom. The van der Waals surface area contributed by atoms with E-state index in [1.807, 2.05) is 26.4 Å². The average Bonchev–Trinajstić information content (AvgIpc) is 3.35. The fraction of sp³-hybridized carbons (Fsp3) is 0.333. The van der Waals surface area contributed by atoms with Crippen molar-refractivity contribution in [3.8, 4) is 11.1 Å². The molecule has 8 heteroatoms. The molecule has 1 aromatic heterocycles. The number of halogens is 1. The number of nitrogens with zero attached hydrogens (tertiary/aromatic N) is 5. The molecule has 2 atom stereocenters. The summed E-state index contributed by atoms with van der Waals surface area (Å²) in [5, 5.41) is 10.6. The van der Waals surface area contributed by atoms with Crippen molar-refractivity contribution < 1.29 is 9.50 Å². The summed E-state index contributed by atoms with van der Waals surface area (Å²) in [6.07, 6.45) is 2.96. The topological polar surface area (TPSA) is 82.4 Å². The van der Waals surface area contributed by atoms with Crippen LogP contribution in [0.5, 0.6) is 0 Å². The molecular formula is C27H31FN6O. The highest BCUT2D eigenvalue weighted by atomic mass is 19.1. The minimum absolute atomic E-state index is 0.210. The minimum atomic E-state index is -0.352. The van der Waals surface area contributed by atoms with E-state index in [0.717, 1.165) is 52.4 Å². The van der Waals surface area contributed by atoms with E-state index in [9.17, 15) is 9.50 Å². The Balaban J connectivity index is 1.53. The van der Waals surface area contributed by atoms with Crippen molar-refractivity contribution in [1.82, 2.24) is 9.47 Å². The second-order valence-electron chi connectivity index (χ2n) is 9.73. The summed E-state index contributed by atoms with van der Waals surface area (Å²) in [5.74, 6) is 0.487. The SMILES string of the molecule is Cc1cc(N2C[C@@H](CN(C)C)[C@H](O)C2)cc2c1N=C(N=CN)c1cc(-c3ccc(F)cc3)cn1C2. The molecule has 5 rings (SSSR count). The van der Waals surface area contributed by atoms with Crippen LogP contribution in [-0.4, -0.2) is 66.6 Å². The molecule has 0 unspecified atom stereocenters. The van der Waals surface area contributed by atoms with Gasteiger partial charge >= 0.3 is 0 Å². The van der Waals surface area contributed by atoms with E-state index in [1.165, 1.54) is 18.5 Å². The Morgan fingerprint density at radius 2 is 1.94 bits per heavy atom. The van der Waals surface area contributed by atoms with Crippen molar-refractivity contribution in [3.63, 3.8) is 0 Å². The number of aromatic nitrogens is 1. The van der Waals surface area contributed by atoms with E-state index in [-0.39, 0.29) is 17.8 Å². The van der Waals surface area contributed by atoms with Gasteiger partial charge in [0.05, 0.1) is 23.8 Å². The van der Waals surface area contributed by atoms with Crippen LogP contribution in [0.1, 0.15) is 16.8 Å². The van der Waals surface area contributed by atoms with Gasteiger partial charge in [-0.05, 0) is 68.0 Å². The average molecular weight is 475 g/mol. The highest BCUT2D eigenvalue weighted by Crippen LogP contribution is 2.36. The van der Waals surface area contributed by atoms with Gasteiger partial charge in [0.25, 0.3) is 0 Å². The van der Waals surface area contributed by atoms with Gasteiger partial charge < -0.3 is 25.2 Å². The van der Waals surface area contributed by atoms with E-state index < -0.39 is 0 Å². The number of aliphatic imine (C=N–C) groups is 2. The Labute approximate surface area is 205 Å². The number of hydrogen-bond donors (Lipinski definition) is 2. The van der Waals surface area contributed by atoms with Gasteiger partial charge in [0.15, 0.2) is 5.84 Å². The highest BCUT2D eigenvalue weighted by molar-refractivity contribution is 6.04. The monoisotopic (exact) mass is 474 g/mol. The summed E-state index contributed by atoms with van der Waals surface area (Å²) >= 11 is 0. The number of anilines is 1. The zero-order chi connectivity index (χ0) is 24.7. The number of aryl methyl sites for hydroxylation is 1. The zero-order valence-corrected chi connectivity index (χ0v) is 20.3. The van der Waals surface area contributed by atoms with Gasteiger partial charge in [0.2, 0.25) is 0 Å². The van der Waals surface area contributed by atoms with E-state index >= 15 is 0 Å². The number of aliphatic hydroxyl groups is 1. The summed E-state index contributed by atoms with van der Waals surface area (Å²) in [4.78, 5) is 13.7. The predicted molar refractivity (Wildman–Crippen MR) is 139 cm³/mol. The molecule has 7 nitrogen and oxygen atoms in total. The normalized spacial score (nSPS) is 19.7. The van der Waals surface area contributed by atoms with Crippen LogP contribution < -0.4 is 10.6 Å². The number of fused-ring (bicyclic) bond motifs is 2. The van der Waals surface area contributed by atoms with Crippen LogP contribution in [0.3, 0.4) is 0 Å². The number of nitrogens with two attached hydrogens (primary N) is 1. The van der Waals surface area contributed by atoms with Crippen molar-refractivity contribution in [1.29, 1.82) is 0 Å². The molecule has 2 aliphatic rings. The molecule has 3 heterocycles. The maximum Gasteiger partial charge on any atom is 0.178 e. The van der Waals surface area contributed by atoms with Crippen LogP contribution >= 0.6 is 0 Å². The highest BCUT2D eigenvalue weighted by Gasteiger charge is 2.32. The molecule has 0 amide bonds. The first-order valence-electron chi connectivity index (χ1n) is 11.8. The molecule has 1 fully saturated rings. The maximum atomic E-state index is 13.4. The fourth-order valence-electron chi connectivity index (χ4n) is 5.15. The third kappa shape index (κ3) is 4.59. The van der Waals surface area contributed by atoms with Crippen LogP contribution in [0.4, 0.5) is 15.8 Å². The lowest BCUT2D eigenvalue weighted by atomic mass is 10.1. The molecule has 2 aromatic carbocycles. The number of benzene rings is 2. The predicted octanol–water partition coefficient (Wildman–Crippen LogP) is 3.39. The number of aliphatic hydroxyl groups excluding tert-OH is 1. The van der Waals surface area contributed by atoms with Crippen molar-refractivity contribution in [2.75, 3.05) is 38.6 Å². The first-order chi connectivity index (χ1) is 16.8. The van der Waals surface area contributed by atoms with Crippen molar-refractivity contribution in [3.05, 3.63) is 71.3 Å². The Morgan fingerprint density at radius 3 is 2.66 bits per heavy atom. The maximum absolute atomic E-state index is 13.4. The van der Waals surface area contributed by atoms with Crippen LogP contribution in [0, 0.1) is 18.7 Å². The quantitative estimate of drug-likeness (QED) is 0.449. The molecule has 1 saturated heterocycles. The Kier molecular flexibility index (Phi) is 6.17. The van der Waals surface area contributed by atoms with Gasteiger partial charge in [-0.25, -0.2) is 14.4 Å². The van der Waals surface area contributed by atoms with Gasteiger partial charge in [-0.15, -0.1) is 0 Å². The molecule has 0 bridgehead atoms. The third-order valence-electron chi connectivity index (χ3n) is 6.79. The summed E-state index contributed by atoms with van der Waals surface area (Å²) in [6.45, 7) is 4.96. The Hall–Kier alpha value is -3.49. The number of rotatable bonds is 4. The Bertz CT molecular complexity index is 1290. The van der Waals surface area contributed by atoms with Crippen LogP contribution in [0.25, 0.3) is 11.1 Å². The van der Waals surface area contributed by atoms with E-state index in [1.54, 1.807) is 12.1 Å².